The number of carbonyl (C=O) groups excluding carboxylic acids is 2. The first-order chi connectivity index (χ1) is 16.0. The van der Waals surface area contributed by atoms with Crippen molar-refractivity contribution in [3.8, 4) is 0 Å². The SMILES string of the molecule is Cc1ccc(NC(=O)c2nccc3ccccc23)cc1NC(=O)c1csc2c(N)ncnc12. The maximum absolute atomic E-state index is 13.0. The molecule has 33 heavy (non-hydrogen) atoms. The highest BCUT2D eigenvalue weighted by Gasteiger charge is 2.17. The maximum atomic E-state index is 13.0. The number of benzene rings is 2. The zero-order valence-corrected chi connectivity index (χ0v) is 18.3. The molecule has 5 aromatic rings. The minimum Gasteiger partial charge on any atom is -0.382 e. The third kappa shape index (κ3) is 3.85. The summed E-state index contributed by atoms with van der Waals surface area (Å²) in [5.74, 6) is -0.308. The Hall–Kier alpha value is -4.37. The van der Waals surface area contributed by atoms with Crippen molar-refractivity contribution in [2.45, 2.75) is 6.92 Å². The molecule has 162 valence electrons. The highest BCUT2D eigenvalue weighted by atomic mass is 32.1. The Morgan fingerprint density at radius 3 is 2.70 bits per heavy atom. The molecule has 0 saturated heterocycles. The molecule has 0 saturated carbocycles. The molecule has 3 heterocycles. The topological polar surface area (TPSA) is 123 Å². The number of carbonyl (C=O) groups is 2. The van der Waals surface area contributed by atoms with Crippen molar-refractivity contribution in [3.05, 3.63) is 83.3 Å². The number of nitrogens with two attached hydrogens (primary N) is 1. The van der Waals surface area contributed by atoms with E-state index >= 15 is 0 Å². The van der Waals surface area contributed by atoms with Crippen LogP contribution in [0.3, 0.4) is 0 Å². The fourth-order valence-electron chi connectivity index (χ4n) is 3.55. The number of aryl methyl sites for hydroxylation is 1. The van der Waals surface area contributed by atoms with E-state index in [0.29, 0.717) is 38.7 Å². The van der Waals surface area contributed by atoms with Crippen LogP contribution in [0.4, 0.5) is 17.2 Å². The first-order valence-electron chi connectivity index (χ1n) is 10.1. The van der Waals surface area contributed by atoms with Crippen LogP contribution >= 0.6 is 11.3 Å². The van der Waals surface area contributed by atoms with E-state index in [0.717, 1.165) is 16.3 Å². The first kappa shape index (κ1) is 20.5. The lowest BCUT2D eigenvalue weighted by molar-refractivity contribution is 0.101. The molecule has 2 aromatic carbocycles. The van der Waals surface area contributed by atoms with Gasteiger partial charge in [-0.1, -0.05) is 30.3 Å². The van der Waals surface area contributed by atoms with Crippen molar-refractivity contribution < 1.29 is 9.59 Å². The van der Waals surface area contributed by atoms with Crippen LogP contribution < -0.4 is 16.4 Å². The van der Waals surface area contributed by atoms with E-state index < -0.39 is 0 Å². The standard InChI is InChI=1S/C24H18N6O2S/c1-13-6-7-15(29-24(32)20-16-5-3-2-4-14(16)8-9-26-20)10-18(13)30-23(31)17-11-33-21-19(17)27-12-28-22(21)25/h2-12H,1H3,(H,29,32)(H,30,31)(H2,25,27,28). The van der Waals surface area contributed by atoms with Crippen molar-refractivity contribution in [2.75, 3.05) is 16.4 Å². The fourth-order valence-corrected chi connectivity index (χ4v) is 4.45. The third-order valence-corrected chi connectivity index (χ3v) is 6.25. The number of thiophene rings is 1. The van der Waals surface area contributed by atoms with Crippen LogP contribution in [0, 0.1) is 6.92 Å². The molecule has 0 aliphatic carbocycles. The number of fused-ring (bicyclic) bond motifs is 2. The van der Waals surface area contributed by atoms with E-state index in [4.69, 9.17) is 5.73 Å². The van der Waals surface area contributed by atoms with E-state index in [1.165, 1.54) is 17.7 Å². The summed E-state index contributed by atoms with van der Waals surface area (Å²) in [5.41, 5.74) is 9.09. The summed E-state index contributed by atoms with van der Waals surface area (Å²) in [6.07, 6.45) is 2.95. The number of hydrogen-bond donors (Lipinski definition) is 3. The Morgan fingerprint density at radius 1 is 0.970 bits per heavy atom. The van der Waals surface area contributed by atoms with Gasteiger partial charge in [-0.2, -0.15) is 0 Å². The molecule has 9 heteroatoms. The lowest BCUT2D eigenvalue weighted by Gasteiger charge is -2.12. The Labute approximate surface area is 192 Å². The van der Waals surface area contributed by atoms with Gasteiger partial charge in [-0.15, -0.1) is 11.3 Å². The van der Waals surface area contributed by atoms with Crippen LogP contribution in [-0.2, 0) is 0 Å². The predicted octanol–water partition coefficient (Wildman–Crippen LogP) is 4.63. The molecule has 0 bridgehead atoms. The van der Waals surface area contributed by atoms with Crippen LogP contribution in [0.1, 0.15) is 26.4 Å². The molecule has 0 aliphatic heterocycles. The van der Waals surface area contributed by atoms with E-state index in [2.05, 4.69) is 25.6 Å². The number of nitrogens with zero attached hydrogens (tertiary/aromatic N) is 3. The summed E-state index contributed by atoms with van der Waals surface area (Å²) in [7, 11) is 0. The molecule has 0 spiro atoms. The third-order valence-electron chi connectivity index (χ3n) is 5.26. The molecular formula is C24H18N6O2S. The van der Waals surface area contributed by atoms with Gasteiger partial charge in [-0.05, 0) is 36.1 Å². The molecule has 0 atom stereocenters. The van der Waals surface area contributed by atoms with Crippen LogP contribution in [0.5, 0.6) is 0 Å². The van der Waals surface area contributed by atoms with Crippen molar-refractivity contribution in [2.24, 2.45) is 0 Å². The Bertz CT molecular complexity index is 1540. The van der Waals surface area contributed by atoms with Crippen LogP contribution in [0.25, 0.3) is 21.0 Å². The number of nitrogen functional groups attached to an aromatic ring is 1. The van der Waals surface area contributed by atoms with E-state index in [1.807, 2.05) is 43.3 Å². The average molecular weight is 455 g/mol. The van der Waals surface area contributed by atoms with Gasteiger partial charge >= 0.3 is 0 Å². The first-order valence-corrected chi connectivity index (χ1v) is 10.9. The molecule has 2 amide bonds. The second kappa shape index (κ2) is 8.29. The maximum Gasteiger partial charge on any atom is 0.274 e. The minimum atomic E-state index is -0.330. The largest absolute Gasteiger partial charge is 0.382 e. The molecule has 3 aromatic heterocycles. The van der Waals surface area contributed by atoms with Crippen molar-refractivity contribution in [3.63, 3.8) is 0 Å². The smallest absolute Gasteiger partial charge is 0.274 e. The number of pyridine rings is 1. The lowest BCUT2D eigenvalue weighted by Crippen LogP contribution is -2.16. The van der Waals surface area contributed by atoms with Gasteiger partial charge < -0.3 is 16.4 Å². The molecule has 0 aliphatic rings. The van der Waals surface area contributed by atoms with Crippen molar-refractivity contribution >= 4 is 61.3 Å². The zero-order valence-electron chi connectivity index (χ0n) is 17.5. The monoisotopic (exact) mass is 454 g/mol. The predicted molar refractivity (Wildman–Crippen MR) is 131 cm³/mol. The van der Waals surface area contributed by atoms with Crippen molar-refractivity contribution in [1.29, 1.82) is 0 Å². The van der Waals surface area contributed by atoms with Gasteiger partial charge in [0, 0.05) is 28.3 Å². The summed E-state index contributed by atoms with van der Waals surface area (Å²) < 4.78 is 0.669. The number of hydrogen-bond acceptors (Lipinski definition) is 7. The van der Waals surface area contributed by atoms with Gasteiger partial charge in [0.1, 0.15) is 17.8 Å². The Morgan fingerprint density at radius 2 is 1.82 bits per heavy atom. The number of amides is 2. The number of anilines is 3. The van der Waals surface area contributed by atoms with Gasteiger partial charge in [-0.25, -0.2) is 9.97 Å². The summed E-state index contributed by atoms with van der Waals surface area (Å²) in [6, 6.07) is 14.8. The average Bonchev–Trinajstić information content (AvgIpc) is 3.26. The van der Waals surface area contributed by atoms with E-state index in [1.54, 1.807) is 23.7 Å². The second-order valence-corrected chi connectivity index (χ2v) is 8.28. The minimum absolute atomic E-state index is 0.318. The van der Waals surface area contributed by atoms with Crippen LogP contribution in [0.15, 0.2) is 66.4 Å². The molecule has 8 nitrogen and oxygen atoms in total. The highest BCUT2D eigenvalue weighted by Crippen LogP contribution is 2.29. The van der Waals surface area contributed by atoms with Gasteiger partial charge in [0.05, 0.1) is 15.8 Å². The van der Waals surface area contributed by atoms with Gasteiger partial charge in [0.2, 0.25) is 0 Å². The van der Waals surface area contributed by atoms with Gasteiger partial charge in [0.15, 0.2) is 0 Å². The van der Waals surface area contributed by atoms with Crippen LogP contribution in [-0.4, -0.2) is 26.8 Å². The molecule has 0 fully saturated rings. The quantitative estimate of drug-likeness (QED) is 0.364. The second-order valence-electron chi connectivity index (χ2n) is 7.40. The summed E-state index contributed by atoms with van der Waals surface area (Å²) >= 11 is 1.32. The van der Waals surface area contributed by atoms with Gasteiger partial charge in [0.25, 0.3) is 11.8 Å². The Kier molecular flexibility index (Phi) is 5.15. The van der Waals surface area contributed by atoms with Crippen molar-refractivity contribution in [1.82, 2.24) is 15.0 Å². The fraction of sp³-hybridized carbons (Fsp3) is 0.0417. The van der Waals surface area contributed by atoms with E-state index in [-0.39, 0.29) is 11.8 Å². The molecule has 0 radical (unpaired) electrons. The number of aromatic nitrogens is 3. The van der Waals surface area contributed by atoms with Gasteiger partial charge in [-0.3, -0.25) is 14.6 Å². The van der Waals surface area contributed by atoms with Crippen LogP contribution in [0.2, 0.25) is 0 Å². The summed E-state index contributed by atoms with van der Waals surface area (Å²) in [5, 5.41) is 9.19. The zero-order chi connectivity index (χ0) is 22.9. The number of rotatable bonds is 4. The molecule has 0 unspecified atom stereocenters. The normalized spacial score (nSPS) is 10.9. The summed E-state index contributed by atoms with van der Waals surface area (Å²) in [6.45, 7) is 1.87. The lowest BCUT2D eigenvalue weighted by atomic mass is 10.1. The molecular weight excluding hydrogens is 436 g/mol. The molecule has 4 N–H and O–H groups in total. The molecule has 5 rings (SSSR count). The Balaban J connectivity index is 1.40. The van der Waals surface area contributed by atoms with E-state index in [9.17, 15) is 9.59 Å². The number of nitrogens with one attached hydrogen (secondary N) is 2. The summed E-state index contributed by atoms with van der Waals surface area (Å²) in [4.78, 5) is 38.3. The highest BCUT2D eigenvalue weighted by molar-refractivity contribution is 7.18.